The fourth-order valence-corrected chi connectivity index (χ4v) is 1.82. The Kier molecular flexibility index (Phi) is 4.15. The van der Waals surface area contributed by atoms with Crippen molar-refractivity contribution in [2.24, 2.45) is 0 Å². The van der Waals surface area contributed by atoms with Gasteiger partial charge in [-0.15, -0.1) is 0 Å². The van der Waals surface area contributed by atoms with Gasteiger partial charge in [0.15, 0.2) is 0 Å². The summed E-state index contributed by atoms with van der Waals surface area (Å²) in [7, 11) is 0. The van der Waals surface area contributed by atoms with Crippen molar-refractivity contribution in [3.8, 4) is 0 Å². The second-order valence-electron chi connectivity index (χ2n) is 5.07. The van der Waals surface area contributed by atoms with Crippen LogP contribution in [0.15, 0.2) is 36.7 Å². The number of hydrogen-bond donors (Lipinski definition) is 1. The van der Waals surface area contributed by atoms with Gasteiger partial charge < -0.3 is 5.32 Å². The second kappa shape index (κ2) is 5.83. The smallest absolute Gasteiger partial charge is 0.0659 e. The first-order chi connectivity index (χ1) is 8.63. The van der Waals surface area contributed by atoms with Gasteiger partial charge in [0.2, 0.25) is 0 Å². The average molecular weight is 243 g/mol. The summed E-state index contributed by atoms with van der Waals surface area (Å²) in [5.74, 6) is 0. The van der Waals surface area contributed by atoms with Crippen LogP contribution in [0, 0.1) is 6.92 Å². The molecule has 0 aliphatic heterocycles. The van der Waals surface area contributed by atoms with Gasteiger partial charge >= 0.3 is 0 Å². The van der Waals surface area contributed by atoms with E-state index >= 15 is 0 Å². The van der Waals surface area contributed by atoms with Gasteiger partial charge in [-0.25, -0.2) is 0 Å². The highest BCUT2D eigenvalue weighted by Crippen LogP contribution is 2.07. The van der Waals surface area contributed by atoms with E-state index in [4.69, 9.17) is 0 Å². The van der Waals surface area contributed by atoms with Crippen molar-refractivity contribution >= 4 is 0 Å². The van der Waals surface area contributed by atoms with Crippen LogP contribution in [-0.4, -0.2) is 15.8 Å². The first-order valence-electron chi connectivity index (χ1n) is 6.44. The molecule has 0 unspecified atom stereocenters. The Morgan fingerprint density at radius 2 is 1.83 bits per heavy atom. The average Bonchev–Trinajstić information content (AvgIpc) is 2.74. The Morgan fingerprint density at radius 1 is 1.17 bits per heavy atom. The third kappa shape index (κ3) is 3.70. The molecule has 3 nitrogen and oxygen atoms in total. The predicted octanol–water partition coefficient (Wildman–Crippen LogP) is 2.74. The van der Waals surface area contributed by atoms with Crippen LogP contribution in [0.4, 0.5) is 0 Å². The van der Waals surface area contributed by atoms with Gasteiger partial charge in [0.05, 0.1) is 12.7 Å². The first-order valence-corrected chi connectivity index (χ1v) is 6.44. The van der Waals surface area contributed by atoms with Crippen molar-refractivity contribution in [1.29, 1.82) is 0 Å². The fourth-order valence-electron chi connectivity index (χ4n) is 1.82. The number of nitrogens with one attached hydrogen (secondary N) is 1. The largest absolute Gasteiger partial charge is 0.310 e. The Morgan fingerprint density at radius 3 is 2.39 bits per heavy atom. The van der Waals surface area contributed by atoms with E-state index in [1.54, 1.807) is 0 Å². The van der Waals surface area contributed by atoms with Crippen LogP contribution >= 0.6 is 0 Å². The lowest BCUT2D eigenvalue weighted by molar-refractivity contribution is 0.588. The molecule has 0 atom stereocenters. The number of benzene rings is 1. The summed E-state index contributed by atoms with van der Waals surface area (Å²) in [5.41, 5.74) is 3.81. The standard InChI is InChI=1S/C15H21N3/c1-12(2)16-9-14-4-6-15(7-5-14)11-18-10-13(3)8-17-18/h4-8,10,12,16H,9,11H2,1-3H3. The summed E-state index contributed by atoms with van der Waals surface area (Å²) in [6.07, 6.45) is 3.95. The van der Waals surface area contributed by atoms with Crippen LogP contribution in [0.3, 0.4) is 0 Å². The van der Waals surface area contributed by atoms with Crippen molar-refractivity contribution in [2.75, 3.05) is 0 Å². The molecule has 2 aromatic rings. The van der Waals surface area contributed by atoms with Crippen LogP contribution in [0.1, 0.15) is 30.5 Å². The van der Waals surface area contributed by atoms with E-state index in [1.165, 1.54) is 16.7 Å². The number of aryl methyl sites for hydroxylation is 1. The monoisotopic (exact) mass is 243 g/mol. The third-order valence-electron chi connectivity index (χ3n) is 2.84. The zero-order chi connectivity index (χ0) is 13.0. The van der Waals surface area contributed by atoms with Crippen molar-refractivity contribution in [3.05, 3.63) is 53.3 Å². The predicted molar refractivity (Wildman–Crippen MR) is 74.5 cm³/mol. The second-order valence-corrected chi connectivity index (χ2v) is 5.07. The van der Waals surface area contributed by atoms with Crippen LogP contribution in [0.5, 0.6) is 0 Å². The highest BCUT2D eigenvalue weighted by molar-refractivity contribution is 5.22. The molecule has 0 aliphatic carbocycles. The molecule has 0 aliphatic rings. The molecule has 1 heterocycles. The number of nitrogens with zero attached hydrogens (tertiary/aromatic N) is 2. The Bertz CT molecular complexity index is 483. The molecule has 1 aromatic carbocycles. The summed E-state index contributed by atoms with van der Waals surface area (Å²) in [6.45, 7) is 8.15. The fraction of sp³-hybridized carbons (Fsp3) is 0.400. The lowest BCUT2D eigenvalue weighted by Crippen LogP contribution is -2.21. The molecule has 0 spiro atoms. The molecular formula is C15H21N3. The molecule has 2 rings (SSSR count). The van der Waals surface area contributed by atoms with Gasteiger partial charge in [0, 0.05) is 18.8 Å². The molecule has 0 radical (unpaired) electrons. The maximum Gasteiger partial charge on any atom is 0.0659 e. The normalized spacial score (nSPS) is 11.1. The molecule has 0 saturated heterocycles. The van der Waals surface area contributed by atoms with E-state index in [1.807, 2.05) is 10.9 Å². The zero-order valence-electron chi connectivity index (χ0n) is 11.4. The topological polar surface area (TPSA) is 29.9 Å². The van der Waals surface area contributed by atoms with E-state index in [-0.39, 0.29) is 0 Å². The molecule has 0 amide bonds. The van der Waals surface area contributed by atoms with Gasteiger partial charge in [-0.05, 0) is 23.6 Å². The molecule has 96 valence electrons. The summed E-state index contributed by atoms with van der Waals surface area (Å²) in [6, 6.07) is 9.24. The molecule has 0 saturated carbocycles. The van der Waals surface area contributed by atoms with Crippen molar-refractivity contribution in [1.82, 2.24) is 15.1 Å². The summed E-state index contributed by atoms with van der Waals surface area (Å²) < 4.78 is 1.97. The molecule has 18 heavy (non-hydrogen) atoms. The Hall–Kier alpha value is -1.61. The molecule has 0 fully saturated rings. The van der Waals surface area contributed by atoms with E-state index in [0.29, 0.717) is 6.04 Å². The number of rotatable bonds is 5. The van der Waals surface area contributed by atoms with E-state index < -0.39 is 0 Å². The van der Waals surface area contributed by atoms with Crippen LogP contribution in [0.2, 0.25) is 0 Å². The lowest BCUT2D eigenvalue weighted by Gasteiger charge is -2.08. The highest BCUT2D eigenvalue weighted by Gasteiger charge is 1.99. The van der Waals surface area contributed by atoms with E-state index in [9.17, 15) is 0 Å². The number of hydrogen-bond acceptors (Lipinski definition) is 2. The number of aromatic nitrogens is 2. The van der Waals surface area contributed by atoms with Crippen molar-refractivity contribution < 1.29 is 0 Å². The minimum Gasteiger partial charge on any atom is -0.310 e. The van der Waals surface area contributed by atoms with Gasteiger partial charge in [-0.2, -0.15) is 5.10 Å². The molecule has 1 N–H and O–H groups in total. The van der Waals surface area contributed by atoms with Crippen LogP contribution < -0.4 is 5.32 Å². The molecule has 1 aromatic heterocycles. The maximum atomic E-state index is 4.30. The van der Waals surface area contributed by atoms with Crippen LogP contribution in [-0.2, 0) is 13.1 Å². The Balaban J connectivity index is 1.95. The van der Waals surface area contributed by atoms with Gasteiger partial charge in [0.25, 0.3) is 0 Å². The summed E-state index contributed by atoms with van der Waals surface area (Å²) in [5, 5.41) is 7.71. The van der Waals surface area contributed by atoms with Gasteiger partial charge in [0.1, 0.15) is 0 Å². The van der Waals surface area contributed by atoms with E-state index in [0.717, 1.165) is 13.1 Å². The van der Waals surface area contributed by atoms with Crippen molar-refractivity contribution in [3.63, 3.8) is 0 Å². The molecular weight excluding hydrogens is 222 g/mol. The SMILES string of the molecule is Cc1cnn(Cc2ccc(CNC(C)C)cc2)c1. The molecule has 3 heteroatoms. The third-order valence-corrected chi connectivity index (χ3v) is 2.84. The van der Waals surface area contributed by atoms with Gasteiger partial charge in [-0.1, -0.05) is 38.1 Å². The van der Waals surface area contributed by atoms with Crippen molar-refractivity contribution in [2.45, 2.75) is 39.9 Å². The minimum absolute atomic E-state index is 0.525. The lowest BCUT2D eigenvalue weighted by atomic mass is 10.1. The molecule has 0 bridgehead atoms. The summed E-state index contributed by atoms with van der Waals surface area (Å²) in [4.78, 5) is 0. The maximum absolute atomic E-state index is 4.30. The van der Waals surface area contributed by atoms with Crippen LogP contribution in [0.25, 0.3) is 0 Å². The zero-order valence-corrected chi connectivity index (χ0v) is 11.4. The summed E-state index contributed by atoms with van der Waals surface area (Å²) >= 11 is 0. The van der Waals surface area contributed by atoms with Gasteiger partial charge in [-0.3, -0.25) is 4.68 Å². The quantitative estimate of drug-likeness (QED) is 0.875. The highest BCUT2D eigenvalue weighted by atomic mass is 15.3. The van der Waals surface area contributed by atoms with E-state index in [2.05, 4.69) is 61.6 Å². The minimum atomic E-state index is 0.525. The Labute approximate surface area is 109 Å². The first kappa shape index (κ1) is 12.8.